The maximum atomic E-state index is 12.4. The van der Waals surface area contributed by atoms with Gasteiger partial charge in [-0.1, -0.05) is 36.4 Å². The molecule has 0 fully saturated rings. The predicted molar refractivity (Wildman–Crippen MR) is 134 cm³/mol. The summed E-state index contributed by atoms with van der Waals surface area (Å²) < 4.78 is 4.01. The van der Waals surface area contributed by atoms with Crippen LogP contribution in [0.2, 0.25) is 0 Å². The molecule has 166 valence electrons. The van der Waals surface area contributed by atoms with Crippen LogP contribution in [-0.4, -0.2) is 37.5 Å². The van der Waals surface area contributed by atoms with Crippen molar-refractivity contribution in [2.24, 2.45) is 0 Å². The molecule has 0 unspecified atom stereocenters. The number of amides is 1. The van der Waals surface area contributed by atoms with Crippen LogP contribution in [0.5, 0.6) is 0 Å². The van der Waals surface area contributed by atoms with Gasteiger partial charge in [-0.25, -0.2) is 4.68 Å². The quantitative estimate of drug-likeness (QED) is 0.337. The summed E-state index contributed by atoms with van der Waals surface area (Å²) in [6, 6.07) is 22.3. The third kappa shape index (κ3) is 4.73. The number of rotatable bonds is 9. The Balaban J connectivity index is 1.18. The average molecular weight is 456 g/mol. The van der Waals surface area contributed by atoms with Crippen LogP contribution in [0.25, 0.3) is 22.4 Å². The molecule has 7 heteroatoms. The molecule has 0 saturated carbocycles. The normalized spacial score (nSPS) is 11.2. The number of nitrogens with one attached hydrogen (secondary N) is 2. The summed E-state index contributed by atoms with van der Waals surface area (Å²) in [6.45, 7) is 0.627. The van der Waals surface area contributed by atoms with Crippen LogP contribution in [0.4, 0.5) is 0 Å². The predicted octanol–water partition coefficient (Wildman–Crippen LogP) is 4.74. The Morgan fingerprint density at radius 3 is 2.61 bits per heavy atom. The van der Waals surface area contributed by atoms with Gasteiger partial charge in [0.05, 0.1) is 17.6 Å². The number of aromatic nitrogens is 4. The van der Waals surface area contributed by atoms with Crippen molar-refractivity contribution in [3.05, 3.63) is 103 Å². The van der Waals surface area contributed by atoms with Gasteiger partial charge in [-0.2, -0.15) is 5.10 Å². The van der Waals surface area contributed by atoms with Crippen LogP contribution in [0.15, 0.2) is 91.5 Å². The molecule has 33 heavy (non-hydrogen) atoms. The number of carbonyl (C=O) groups excluding carboxylic acids is 1. The van der Waals surface area contributed by atoms with Gasteiger partial charge in [0.2, 0.25) is 5.91 Å². The Labute approximate surface area is 196 Å². The zero-order chi connectivity index (χ0) is 22.5. The fourth-order valence-electron chi connectivity index (χ4n) is 3.97. The van der Waals surface area contributed by atoms with Gasteiger partial charge in [-0.3, -0.25) is 4.79 Å². The van der Waals surface area contributed by atoms with E-state index in [1.165, 1.54) is 10.9 Å². The summed E-state index contributed by atoms with van der Waals surface area (Å²) in [5, 5.41) is 8.88. The van der Waals surface area contributed by atoms with Crippen LogP contribution in [0.3, 0.4) is 0 Å². The second-order valence-electron chi connectivity index (χ2n) is 7.78. The maximum absolute atomic E-state index is 12.4. The second kappa shape index (κ2) is 9.83. The average Bonchev–Trinajstić information content (AvgIpc) is 3.60. The lowest BCUT2D eigenvalue weighted by Crippen LogP contribution is -2.27. The van der Waals surface area contributed by atoms with E-state index in [1.54, 1.807) is 11.8 Å². The van der Waals surface area contributed by atoms with Crippen LogP contribution in [0.1, 0.15) is 11.1 Å². The van der Waals surface area contributed by atoms with Gasteiger partial charge < -0.3 is 14.9 Å². The molecule has 1 amide bonds. The highest BCUT2D eigenvalue weighted by atomic mass is 32.2. The van der Waals surface area contributed by atoms with Crippen molar-refractivity contribution >= 4 is 28.6 Å². The zero-order valence-electron chi connectivity index (χ0n) is 18.1. The summed E-state index contributed by atoms with van der Waals surface area (Å²) in [5.41, 5.74) is 4.45. The van der Waals surface area contributed by atoms with Crippen molar-refractivity contribution in [1.82, 2.24) is 24.6 Å². The van der Waals surface area contributed by atoms with Crippen LogP contribution >= 0.6 is 11.8 Å². The molecule has 0 spiro atoms. The first-order chi connectivity index (χ1) is 16.3. The first-order valence-corrected chi connectivity index (χ1v) is 12.1. The number of fused-ring (bicyclic) bond motifs is 1. The molecule has 3 heterocycles. The lowest BCUT2D eigenvalue weighted by atomic mass is 10.1. The number of benzene rings is 2. The van der Waals surface area contributed by atoms with Gasteiger partial charge >= 0.3 is 0 Å². The Bertz CT molecular complexity index is 1340. The fraction of sp³-hybridized carbons (Fsp3) is 0.154. The Hall–Kier alpha value is -3.71. The number of thioether (sulfide) groups is 1. The third-order valence-electron chi connectivity index (χ3n) is 5.55. The summed E-state index contributed by atoms with van der Waals surface area (Å²) >= 11 is 1.60. The molecule has 2 N–H and O–H groups in total. The molecular weight excluding hydrogens is 430 g/mol. The topological polar surface area (TPSA) is 67.6 Å². The number of hydrogen-bond acceptors (Lipinski definition) is 3. The SMILES string of the molecule is O=C(CSCc1cnn(-c2ccccc2)c1-n1cccc1)NCCc1c[nH]c2ccccc12. The Kier molecular flexibility index (Phi) is 6.30. The summed E-state index contributed by atoms with van der Waals surface area (Å²) in [6.07, 6.45) is 8.76. The number of aromatic amines is 1. The van der Waals surface area contributed by atoms with Crippen LogP contribution in [0, 0.1) is 0 Å². The highest BCUT2D eigenvalue weighted by Gasteiger charge is 2.14. The molecule has 0 aliphatic heterocycles. The van der Waals surface area contributed by atoms with E-state index in [0.29, 0.717) is 18.1 Å². The molecule has 0 saturated heterocycles. The standard InChI is InChI=1S/C26H25N5OS/c32-25(27-13-12-20-16-28-24-11-5-4-10-23(20)24)19-33-18-21-17-29-31(22-8-2-1-3-9-22)26(21)30-14-6-7-15-30/h1-11,14-17,28H,12-13,18-19H2,(H,27,32). The molecule has 3 aromatic heterocycles. The van der Waals surface area contributed by atoms with Gasteiger partial charge in [0.25, 0.3) is 0 Å². The van der Waals surface area contributed by atoms with Crippen molar-refractivity contribution in [2.45, 2.75) is 12.2 Å². The number of H-pyrrole nitrogens is 1. The lowest BCUT2D eigenvalue weighted by Gasteiger charge is -2.11. The van der Waals surface area contributed by atoms with Gasteiger partial charge in [0, 0.05) is 47.4 Å². The van der Waals surface area contributed by atoms with Crippen molar-refractivity contribution in [1.29, 1.82) is 0 Å². The zero-order valence-corrected chi connectivity index (χ0v) is 19.0. The fourth-order valence-corrected chi connectivity index (χ4v) is 4.78. The molecule has 6 nitrogen and oxygen atoms in total. The van der Waals surface area contributed by atoms with Crippen molar-refractivity contribution in [2.75, 3.05) is 12.3 Å². The number of nitrogens with zero attached hydrogens (tertiary/aromatic N) is 3. The van der Waals surface area contributed by atoms with E-state index in [2.05, 4.69) is 32.1 Å². The van der Waals surface area contributed by atoms with E-state index in [-0.39, 0.29) is 5.91 Å². The monoisotopic (exact) mass is 455 g/mol. The smallest absolute Gasteiger partial charge is 0.230 e. The molecule has 0 radical (unpaired) electrons. The Morgan fingerprint density at radius 2 is 1.76 bits per heavy atom. The van der Waals surface area contributed by atoms with Gasteiger partial charge in [-0.15, -0.1) is 11.8 Å². The number of para-hydroxylation sites is 2. The second-order valence-corrected chi connectivity index (χ2v) is 8.77. The van der Waals surface area contributed by atoms with Gasteiger partial charge in [0.1, 0.15) is 5.82 Å². The first kappa shape index (κ1) is 21.2. The first-order valence-electron chi connectivity index (χ1n) is 10.9. The van der Waals surface area contributed by atoms with Crippen LogP contribution in [-0.2, 0) is 17.0 Å². The minimum Gasteiger partial charge on any atom is -0.361 e. The molecule has 5 rings (SSSR count). The molecule has 0 bridgehead atoms. The maximum Gasteiger partial charge on any atom is 0.230 e. The van der Waals surface area contributed by atoms with Crippen molar-refractivity contribution < 1.29 is 4.79 Å². The molecule has 5 aromatic rings. The van der Waals surface area contributed by atoms with Gasteiger partial charge in [-0.05, 0) is 42.3 Å². The minimum absolute atomic E-state index is 0.0535. The summed E-state index contributed by atoms with van der Waals surface area (Å²) in [5.74, 6) is 2.17. The molecular formula is C26H25N5OS. The van der Waals surface area contributed by atoms with Gasteiger partial charge in [0.15, 0.2) is 0 Å². The molecule has 2 aromatic carbocycles. The van der Waals surface area contributed by atoms with E-state index >= 15 is 0 Å². The van der Waals surface area contributed by atoms with Crippen molar-refractivity contribution in [3.8, 4) is 11.5 Å². The highest BCUT2D eigenvalue weighted by Crippen LogP contribution is 2.23. The largest absolute Gasteiger partial charge is 0.361 e. The van der Waals surface area contributed by atoms with E-state index < -0.39 is 0 Å². The van der Waals surface area contributed by atoms with E-state index in [1.807, 2.05) is 84.1 Å². The third-order valence-corrected chi connectivity index (χ3v) is 6.53. The molecule has 0 aliphatic carbocycles. The van der Waals surface area contributed by atoms with E-state index in [4.69, 9.17) is 0 Å². The minimum atomic E-state index is 0.0535. The summed E-state index contributed by atoms with van der Waals surface area (Å²) in [4.78, 5) is 15.7. The van der Waals surface area contributed by atoms with E-state index in [0.717, 1.165) is 29.0 Å². The van der Waals surface area contributed by atoms with Crippen molar-refractivity contribution in [3.63, 3.8) is 0 Å². The highest BCUT2D eigenvalue weighted by molar-refractivity contribution is 7.99. The van der Waals surface area contributed by atoms with Crippen LogP contribution < -0.4 is 5.32 Å². The Morgan fingerprint density at radius 1 is 0.970 bits per heavy atom. The number of carbonyl (C=O) groups is 1. The summed E-state index contributed by atoms with van der Waals surface area (Å²) in [7, 11) is 0. The molecule has 0 aliphatic rings. The molecule has 0 atom stereocenters. The lowest BCUT2D eigenvalue weighted by molar-refractivity contribution is -0.118. The number of hydrogen-bond donors (Lipinski definition) is 2. The van der Waals surface area contributed by atoms with E-state index in [9.17, 15) is 4.79 Å².